The third kappa shape index (κ3) is 3.65. The molecule has 0 heterocycles. The number of halogens is 3. The molecule has 0 spiro atoms. The van der Waals surface area contributed by atoms with Crippen LogP contribution in [0.5, 0.6) is 0 Å². The highest BCUT2D eigenvalue weighted by molar-refractivity contribution is 9.10. The number of carbonyl (C=O) groups is 1. The van der Waals surface area contributed by atoms with Crippen LogP contribution in [0.3, 0.4) is 0 Å². The highest BCUT2D eigenvalue weighted by Gasteiger charge is 2.18. The van der Waals surface area contributed by atoms with Crippen LogP contribution in [0.4, 0.5) is 0 Å². The van der Waals surface area contributed by atoms with Crippen molar-refractivity contribution < 1.29 is 9.53 Å². The standard InChI is InChI=1S/C11H11BrCl2O2/c1-2-16-11(15)8(12)6-7-4-3-5-9(13)10(7)14/h3-5,8H,2,6H2,1H3/t8-/m1/s1. The molecule has 1 aromatic carbocycles. The van der Waals surface area contributed by atoms with Crippen LogP contribution >= 0.6 is 39.1 Å². The Kier molecular flexibility index (Phi) is 5.59. The molecule has 1 aromatic rings. The fraction of sp³-hybridized carbons (Fsp3) is 0.364. The van der Waals surface area contributed by atoms with Crippen molar-refractivity contribution in [2.45, 2.75) is 18.2 Å². The van der Waals surface area contributed by atoms with Gasteiger partial charge in [-0.15, -0.1) is 0 Å². The molecule has 0 fully saturated rings. The first-order valence-corrected chi connectivity index (χ1v) is 6.47. The van der Waals surface area contributed by atoms with Crippen LogP contribution in [0.15, 0.2) is 18.2 Å². The molecule has 0 bridgehead atoms. The lowest BCUT2D eigenvalue weighted by Gasteiger charge is -2.10. The normalized spacial score (nSPS) is 12.2. The Labute approximate surface area is 113 Å². The third-order valence-electron chi connectivity index (χ3n) is 1.97. The summed E-state index contributed by atoms with van der Waals surface area (Å²) in [7, 11) is 0. The van der Waals surface area contributed by atoms with E-state index in [0.29, 0.717) is 23.1 Å². The zero-order valence-electron chi connectivity index (χ0n) is 8.67. The monoisotopic (exact) mass is 324 g/mol. The molecule has 1 rings (SSSR count). The summed E-state index contributed by atoms with van der Waals surface area (Å²) in [6, 6.07) is 5.34. The maximum atomic E-state index is 11.4. The number of carbonyl (C=O) groups excluding carboxylic acids is 1. The van der Waals surface area contributed by atoms with Gasteiger partial charge in [0.15, 0.2) is 0 Å². The maximum absolute atomic E-state index is 11.4. The van der Waals surface area contributed by atoms with Gasteiger partial charge in [-0.05, 0) is 25.0 Å². The van der Waals surface area contributed by atoms with Gasteiger partial charge in [-0.3, -0.25) is 4.79 Å². The molecular formula is C11H11BrCl2O2. The van der Waals surface area contributed by atoms with Gasteiger partial charge in [0.25, 0.3) is 0 Å². The van der Waals surface area contributed by atoms with Crippen molar-refractivity contribution in [3.05, 3.63) is 33.8 Å². The van der Waals surface area contributed by atoms with E-state index in [-0.39, 0.29) is 5.97 Å². The van der Waals surface area contributed by atoms with Crippen LogP contribution in [-0.2, 0) is 16.0 Å². The van der Waals surface area contributed by atoms with Crippen molar-refractivity contribution in [2.24, 2.45) is 0 Å². The second-order valence-electron chi connectivity index (χ2n) is 3.14. The molecule has 0 aliphatic rings. The molecule has 0 aliphatic carbocycles. The Hall–Kier alpha value is -0.250. The fourth-order valence-corrected chi connectivity index (χ4v) is 2.09. The van der Waals surface area contributed by atoms with E-state index in [1.165, 1.54) is 0 Å². The van der Waals surface area contributed by atoms with Crippen molar-refractivity contribution in [3.8, 4) is 0 Å². The Balaban J connectivity index is 2.73. The zero-order valence-corrected chi connectivity index (χ0v) is 11.8. The van der Waals surface area contributed by atoms with Crippen molar-refractivity contribution in [1.82, 2.24) is 0 Å². The molecule has 0 unspecified atom stereocenters. The number of ether oxygens (including phenoxy) is 1. The third-order valence-corrected chi connectivity index (χ3v) is 3.53. The predicted octanol–water partition coefficient (Wildman–Crippen LogP) is 3.86. The molecule has 2 nitrogen and oxygen atoms in total. The van der Waals surface area contributed by atoms with E-state index in [1.54, 1.807) is 19.1 Å². The van der Waals surface area contributed by atoms with Crippen LogP contribution in [0.2, 0.25) is 10.0 Å². The maximum Gasteiger partial charge on any atom is 0.320 e. The zero-order chi connectivity index (χ0) is 12.1. The summed E-state index contributed by atoms with van der Waals surface area (Å²) in [5.41, 5.74) is 0.823. The smallest absolute Gasteiger partial charge is 0.320 e. The molecule has 1 atom stereocenters. The van der Waals surface area contributed by atoms with Crippen molar-refractivity contribution in [2.75, 3.05) is 6.61 Å². The van der Waals surface area contributed by atoms with Crippen molar-refractivity contribution in [3.63, 3.8) is 0 Å². The van der Waals surface area contributed by atoms with E-state index in [1.807, 2.05) is 6.07 Å². The van der Waals surface area contributed by atoms with Gasteiger partial charge in [0.2, 0.25) is 0 Å². The minimum Gasteiger partial charge on any atom is -0.465 e. The first-order chi connectivity index (χ1) is 7.56. The predicted molar refractivity (Wildman–Crippen MR) is 69.5 cm³/mol. The summed E-state index contributed by atoms with van der Waals surface area (Å²) in [6.07, 6.45) is 0.457. The summed E-state index contributed by atoms with van der Waals surface area (Å²) in [4.78, 5) is 11.0. The molecule has 5 heteroatoms. The Morgan fingerprint density at radius 3 is 2.81 bits per heavy atom. The molecule has 0 saturated carbocycles. The Morgan fingerprint density at radius 1 is 1.50 bits per heavy atom. The topological polar surface area (TPSA) is 26.3 Å². The van der Waals surface area contributed by atoms with Gasteiger partial charge in [-0.1, -0.05) is 51.3 Å². The van der Waals surface area contributed by atoms with E-state index in [9.17, 15) is 4.79 Å². The average molecular weight is 326 g/mol. The summed E-state index contributed by atoms with van der Waals surface area (Å²) >= 11 is 15.2. The molecule has 0 N–H and O–H groups in total. The molecule has 0 amide bonds. The molecular weight excluding hydrogens is 315 g/mol. The minimum atomic E-state index is -0.400. The van der Waals surface area contributed by atoms with Gasteiger partial charge in [-0.2, -0.15) is 0 Å². The number of rotatable bonds is 4. The SMILES string of the molecule is CCOC(=O)[C@H](Br)Cc1cccc(Cl)c1Cl. The number of hydrogen-bond acceptors (Lipinski definition) is 2. The first-order valence-electron chi connectivity index (χ1n) is 4.79. The van der Waals surface area contributed by atoms with Crippen LogP contribution in [0.1, 0.15) is 12.5 Å². The molecule has 0 aromatic heterocycles. The Morgan fingerprint density at radius 2 is 2.19 bits per heavy atom. The van der Waals surface area contributed by atoms with Crippen LogP contribution < -0.4 is 0 Å². The largest absolute Gasteiger partial charge is 0.465 e. The summed E-state index contributed by atoms with van der Waals surface area (Å²) in [5, 5.41) is 0.973. The quantitative estimate of drug-likeness (QED) is 0.620. The fourth-order valence-electron chi connectivity index (χ4n) is 1.22. The van der Waals surface area contributed by atoms with Crippen LogP contribution in [0.25, 0.3) is 0 Å². The molecule has 16 heavy (non-hydrogen) atoms. The Bertz CT molecular complexity index is 382. The van der Waals surface area contributed by atoms with Crippen molar-refractivity contribution in [1.29, 1.82) is 0 Å². The van der Waals surface area contributed by atoms with E-state index < -0.39 is 4.83 Å². The van der Waals surface area contributed by atoms with E-state index in [2.05, 4.69) is 15.9 Å². The highest BCUT2D eigenvalue weighted by atomic mass is 79.9. The lowest BCUT2D eigenvalue weighted by atomic mass is 10.1. The van der Waals surface area contributed by atoms with Gasteiger partial charge >= 0.3 is 5.97 Å². The lowest BCUT2D eigenvalue weighted by Crippen LogP contribution is -2.19. The molecule has 0 radical (unpaired) electrons. The summed E-state index contributed by atoms with van der Waals surface area (Å²) in [5.74, 6) is -0.293. The second-order valence-corrected chi connectivity index (χ2v) is 5.03. The van der Waals surface area contributed by atoms with Gasteiger partial charge < -0.3 is 4.74 Å². The second kappa shape index (κ2) is 6.48. The van der Waals surface area contributed by atoms with Gasteiger partial charge in [0.1, 0.15) is 4.83 Å². The molecule has 0 saturated heterocycles. The lowest BCUT2D eigenvalue weighted by molar-refractivity contribution is -0.142. The van der Waals surface area contributed by atoms with Crippen LogP contribution in [0, 0.1) is 0 Å². The minimum absolute atomic E-state index is 0.293. The number of benzene rings is 1. The van der Waals surface area contributed by atoms with Gasteiger partial charge in [0, 0.05) is 0 Å². The average Bonchev–Trinajstić information content (AvgIpc) is 2.25. The molecule has 0 aliphatic heterocycles. The number of esters is 1. The summed E-state index contributed by atoms with van der Waals surface area (Å²) < 4.78 is 4.88. The van der Waals surface area contributed by atoms with E-state index >= 15 is 0 Å². The molecule has 88 valence electrons. The van der Waals surface area contributed by atoms with E-state index in [0.717, 1.165) is 5.56 Å². The highest BCUT2D eigenvalue weighted by Crippen LogP contribution is 2.27. The van der Waals surface area contributed by atoms with Gasteiger partial charge in [0.05, 0.1) is 16.7 Å². The van der Waals surface area contributed by atoms with Gasteiger partial charge in [-0.25, -0.2) is 0 Å². The first kappa shape index (κ1) is 13.8. The summed E-state index contributed by atoms with van der Waals surface area (Å²) in [6.45, 7) is 2.13. The number of alkyl halides is 1. The van der Waals surface area contributed by atoms with E-state index in [4.69, 9.17) is 27.9 Å². The van der Waals surface area contributed by atoms with Crippen molar-refractivity contribution >= 4 is 45.1 Å². The number of hydrogen-bond donors (Lipinski definition) is 0. The van der Waals surface area contributed by atoms with Crippen LogP contribution in [-0.4, -0.2) is 17.4 Å².